The molecule has 4 rings (SSSR count). The van der Waals surface area contributed by atoms with Gasteiger partial charge in [0.15, 0.2) is 25.2 Å². The molecule has 4 fully saturated rings. The van der Waals surface area contributed by atoms with Crippen molar-refractivity contribution in [3.05, 3.63) is 47.6 Å². The molecular weight excluding hydrogens is 1510 g/mol. The third-order valence-corrected chi connectivity index (χ3v) is 18.4. The number of nitrogens with two attached hydrogens (primary N) is 4. The number of carbonyl (C=O) groups excluding carboxylic acids is 4. The van der Waals surface area contributed by atoms with Crippen LogP contribution in [0.5, 0.6) is 0 Å². The number of carbonyl (C=O) groups is 4. The highest BCUT2D eigenvalue weighted by Crippen LogP contribution is 2.31. The molecule has 0 radical (unpaired) electrons. The van der Waals surface area contributed by atoms with Crippen molar-refractivity contribution < 1.29 is 137 Å². The minimum atomic E-state index is -1.49. The molecule has 21 atom stereocenters. The van der Waals surface area contributed by atoms with Crippen molar-refractivity contribution >= 4 is 23.6 Å². The summed E-state index contributed by atoms with van der Waals surface area (Å²) in [5, 5.41) is 148. The molecule has 21 unspecified atom stereocenters. The highest BCUT2D eigenvalue weighted by Gasteiger charge is 2.49. The van der Waals surface area contributed by atoms with Crippen LogP contribution in [0.3, 0.4) is 0 Å². The Morgan fingerprint density at radius 3 is 1.18 bits per heavy atom. The standard InChI is InChI=1S/C69H131N17O28/c1-40(91)78-53-61(99)57(95)48(36-87)111-65(53)107-24-20-103-16-11-75-28-44(70)32-85(35-47(83-73)30-77-13-18-105-22-26-109-67-55(80-42(3)93)63(101)59(97)50(38-89)113-67)52(69(5,6)7)10-8-9-14-84(31-45(71)33-86(74)15-19-106-23-27-110-68-56(81-43(4)94)64(102)60(98)51(39-90)114-68)34-46(82-72)29-76-12-17-104-21-25-108-66-54(79-41(2)92)62(100)58(96)49(37-88)112-66/h28-30,33,48-68,72,75-77,83,87-90,95-102H,8-27,31-32,34-39,70-71,73-74H2,1-7H3,(H,78,91)(H,79,92)(H,80,93)(H,81,94)/b44-28-,45-33-,46-29-,47-30-,82-72?. The Bertz CT molecular complexity index is 2890. The van der Waals surface area contributed by atoms with E-state index in [0.29, 0.717) is 61.7 Å². The molecule has 4 aliphatic heterocycles. The second-order valence-corrected chi connectivity index (χ2v) is 28.7. The molecule has 29 N–H and O–H groups in total. The number of rotatable bonds is 56. The van der Waals surface area contributed by atoms with Crippen LogP contribution >= 0.6 is 0 Å². The second-order valence-electron chi connectivity index (χ2n) is 28.7. The number of amides is 4. The number of ether oxygens (including phenoxy) is 12. The first-order valence-electron chi connectivity index (χ1n) is 38.0. The zero-order chi connectivity index (χ0) is 84.5. The maximum absolute atomic E-state index is 11.9. The summed E-state index contributed by atoms with van der Waals surface area (Å²) < 4.78 is 68.6. The van der Waals surface area contributed by atoms with E-state index in [2.05, 4.69) is 73.4 Å². The third-order valence-electron chi connectivity index (χ3n) is 18.4. The van der Waals surface area contributed by atoms with Gasteiger partial charge in [0.05, 0.1) is 124 Å². The maximum atomic E-state index is 11.9. The lowest BCUT2D eigenvalue weighted by atomic mass is 9.82. The quantitative estimate of drug-likeness (QED) is 0.0116. The highest BCUT2D eigenvalue weighted by atomic mass is 16.7. The van der Waals surface area contributed by atoms with Crippen LogP contribution < -0.4 is 65.8 Å². The Kier molecular flexibility index (Phi) is 47.6. The molecule has 660 valence electrons. The molecule has 0 aliphatic carbocycles. The number of nitrogens with zero attached hydrogens (tertiary/aromatic N) is 4. The van der Waals surface area contributed by atoms with Crippen molar-refractivity contribution in [2.45, 2.75) is 196 Å². The summed E-state index contributed by atoms with van der Waals surface area (Å²) in [6, 6.07) is -4.65. The minimum absolute atomic E-state index is 0.0247. The lowest BCUT2D eigenvalue weighted by Gasteiger charge is -2.42. The Morgan fingerprint density at radius 2 is 0.833 bits per heavy atom. The van der Waals surface area contributed by atoms with E-state index in [-0.39, 0.29) is 130 Å². The molecular formula is C69H131N17O28. The van der Waals surface area contributed by atoms with E-state index < -0.39 is 173 Å². The van der Waals surface area contributed by atoms with E-state index in [1.807, 2.05) is 4.90 Å². The first-order valence-corrected chi connectivity index (χ1v) is 38.0. The topological polar surface area (TPSA) is 668 Å². The summed E-state index contributed by atoms with van der Waals surface area (Å²) in [7, 11) is 0. The minimum Gasteiger partial charge on any atom is -0.400 e. The summed E-state index contributed by atoms with van der Waals surface area (Å²) in [6.07, 6.45) is -12.8. The van der Waals surface area contributed by atoms with Gasteiger partial charge in [-0.15, -0.1) is 0 Å². The van der Waals surface area contributed by atoms with Crippen LogP contribution in [0.4, 0.5) is 0 Å². The van der Waals surface area contributed by atoms with Crippen LogP contribution in [0.1, 0.15) is 67.7 Å². The third kappa shape index (κ3) is 35.6. The molecule has 0 bridgehead atoms. The molecule has 114 heavy (non-hydrogen) atoms. The molecule has 45 nitrogen and oxygen atoms in total. The van der Waals surface area contributed by atoms with Gasteiger partial charge in [0.2, 0.25) is 23.6 Å². The normalized spacial score (nSPS) is 28.9. The van der Waals surface area contributed by atoms with Crippen molar-refractivity contribution in [3.63, 3.8) is 0 Å². The molecule has 4 heterocycles. The summed E-state index contributed by atoms with van der Waals surface area (Å²) in [4.78, 5) is 51.7. The lowest BCUT2D eigenvalue weighted by Crippen LogP contribution is -2.64. The van der Waals surface area contributed by atoms with E-state index in [0.717, 1.165) is 0 Å². The summed E-state index contributed by atoms with van der Waals surface area (Å²) in [5.74, 6) is 10.6. The van der Waals surface area contributed by atoms with Crippen LogP contribution in [0.15, 0.2) is 52.7 Å². The summed E-state index contributed by atoms with van der Waals surface area (Å²) in [6.45, 7) is 11.8. The van der Waals surface area contributed by atoms with Crippen molar-refractivity contribution in [1.29, 1.82) is 5.53 Å². The van der Waals surface area contributed by atoms with Crippen LogP contribution in [0, 0.1) is 10.9 Å². The van der Waals surface area contributed by atoms with Gasteiger partial charge in [0, 0.05) is 116 Å². The molecule has 0 aromatic rings. The average Bonchev–Trinajstić information content (AvgIpc) is 0.816. The average molecular weight is 1650 g/mol. The van der Waals surface area contributed by atoms with Gasteiger partial charge in [-0.25, -0.2) is 11.4 Å². The fourth-order valence-electron chi connectivity index (χ4n) is 12.8. The van der Waals surface area contributed by atoms with Crippen LogP contribution in [-0.4, -0.2) is 393 Å². The molecule has 0 saturated carbocycles. The molecule has 45 heteroatoms. The monoisotopic (exact) mass is 1650 g/mol. The number of hydrazine groups is 2. The maximum Gasteiger partial charge on any atom is 0.217 e. The lowest BCUT2D eigenvalue weighted by molar-refractivity contribution is -0.272. The largest absolute Gasteiger partial charge is 0.400 e. The molecule has 4 aliphatic rings. The van der Waals surface area contributed by atoms with Crippen molar-refractivity contribution in [3.8, 4) is 0 Å². The number of nitrogens with one attached hydrogen (secondary N) is 9. The number of unbranched alkanes of at least 4 members (excludes halogenated alkanes) is 1. The van der Waals surface area contributed by atoms with Crippen molar-refractivity contribution in [2.24, 2.45) is 33.7 Å². The molecule has 0 aromatic carbocycles. The van der Waals surface area contributed by atoms with Gasteiger partial charge in [0.1, 0.15) is 97.4 Å². The van der Waals surface area contributed by atoms with Crippen molar-refractivity contribution in [2.75, 3.05) is 165 Å². The number of hydrogen-bond donors (Lipinski definition) is 25. The molecule has 4 amide bonds. The predicted molar refractivity (Wildman–Crippen MR) is 402 cm³/mol. The first kappa shape index (κ1) is 100. The van der Waals surface area contributed by atoms with Crippen LogP contribution in [0.25, 0.3) is 0 Å². The molecule has 0 aromatic heterocycles. The first-order chi connectivity index (χ1) is 54.3. The van der Waals surface area contributed by atoms with Gasteiger partial charge in [-0.2, -0.15) is 5.11 Å². The van der Waals surface area contributed by atoms with E-state index in [9.17, 15) is 80.5 Å². The van der Waals surface area contributed by atoms with Crippen LogP contribution in [0.2, 0.25) is 0 Å². The Hall–Kier alpha value is -6.08. The predicted octanol–water partition coefficient (Wildman–Crippen LogP) is -10.2. The van der Waals surface area contributed by atoms with Gasteiger partial charge in [-0.1, -0.05) is 27.2 Å². The molecule has 4 saturated heterocycles. The Labute approximate surface area is 664 Å². The zero-order valence-electron chi connectivity index (χ0n) is 66.2. The summed E-state index contributed by atoms with van der Waals surface area (Å²) in [5.41, 5.74) is 25.8. The van der Waals surface area contributed by atoms with Gasteiger partial charge in [-0.05, 0) is 24.8 Å². The van der Waals surface area contributed by atoms with Gasteiger partial charge < -0.3 is 177 Å². The second kappa shape index (κ2) is 54.1. The fraction of sp³-hybridized carbons (Fsp3) is 0.826. The smallest absolute Gasteiger partial charge is 0.217 e. The SMILES string of the molecule is CC(=O)NC1C(OCCOCCN/C=C(\N)CN(C/C(=C/NCCOCCOC2OC(CO)C(O)C(O)C2NC(C)=O)NN)C(CCCCN(C/C(N)=C/N(N)CCOCCOC2OC(CO)C(O)C(O)C2NC(C)=O)C/C(=C/NCCOCCOC2OC(CO)C(O)C(O)C2NC(C)=O)N=N)C(C)(C)C)OC(CO)C(O)C1O. The number of aliphatic hydroxyl groups is 12. The Balaban J connectivity index is 1.47. The van der Waals surface area contributed by atoms with E-state index in [4.69, 9.17) is 85.5 Å². The van der Waals surface area contributed by atoms with E-state index >= 15 is 0 Å². The van der Waals surface area contributed by atoms with Crippen LogP contribution in [-0.2, 0) is 76.0 Å². The van der Waals surface area contributed by atoms with Gasteiger partial charge in [-0.3, -0.25) is 34.8 Å². The van der Waals surface area contributed by atoms with E-state index in [1.54, 1.807) is 24.8 Å². The van der Waals surface area contributed by atoms with Crippen molar-refractivity contribution in [1.82, 2.24) is 57.5 Å². The molecule has 0 spiro atoms. The fourth-order valence-corrected chi connectivity index (χ4v) is 12.8. The number of aliphatic hydroxyl groups excluding tert-OH is 12. The highest BCUT2D eigenvalue weighted by molar-refractivity contribution is 5.74. The van der Waals surface area contributed by atoms with Gasteiger partial charge >= 0.3 is 0 Å². The summed E-state index contributed by atoms with van der Waals surface area (Å²) >= 11 is 0. The Morgan fingerprint density at radius 1 is 0.474 bits per heavy atom. The van der Waals surface area contributed by atoms with E-state index in [1.165, 1.54) is 32.7 Å². The zero-order valence-corrected chi connectivity index (χ0v) is 66.2. The van der Waals surface area contributed by atoms with Gasteiger partial charge in [0.25, 0.3) is 0 Å². The number of hydrogen-bond acceptors (Lipinski definition) is 41.